The van der Waals surface area contributed by atoms with Crippen LogP contribution in [0.25, 0.3) is 11.0 Å². The number of likely N-dealkylation sites (N-methyl/N-ethyl adjacent to an activating group) is 1. The van der Waals surface area contributed by atoms with Crippen LogP contribution in [0, 0.1) is 5.92 Å². The lowest BCUT2D eigenvalue weighted by Gasteiger charge is -2.16. The molecular formula is C28H33F3N6O5. The van der Waals surface area contributed by atoms with Crippen LogP contribution in [-0.2, 0) is 28.7 Å². The van der Waals surface area contributed by atoms with E-state index in [0.29, 0.717) is 11.2 Å². The molecule has 0 aromatic carbocycles. The average molecular weight is 591 g/mol. The SMILES string of the molecule is CC(C)Cc1c(C(F)(F)F)cnc2cc(Cn3cccc(NC(=O)[C@H](CC/C=C/C(=O)N(C)C)NC(=O)O)c3=O)[nH]c12. The van der Waals surface area contributed by atoms with Gasteiger partial charge in [0.2, 0.25) is 11.8 Å². The van der Waals surface area contributed by atoms with Crippen LogP contribution < -0.4 is 16.2 Å². The van der Waals surface area contributed by atoms with Crippen molar-refractivity contribution in [3.05, 3.63) is 69.9 Å². The van der Waals surface area contributed by atoms with Crippen molar-refractivity contribution in [3.63, 3.8) is 0 Å². The lowest BCUT2D eigenvalue weighted by atomic mass is 9.98. The van der Waals surface area contributed by atoms with Crippen molar-refractivity contribution in [2.75, 3.05) is 19.4 Å². The lowest BCUT2D eigenvalue weighted by molar-refractivity contribution is -0.138. The highest BCUT2D eigenvalue weighted by atomic mass is 19.4. The van der Waals surface area contributed by atoms with Gasteiger partial charge in [-0.2, -0.15) is 13.2 Å². The number of anilines is 1. The van der Waals surface area contributed by atoms with Gasteiger partial charge in [0, 0.05) is 32.2 Å². The Kier molecular flexibility index (Phi) is 10.1. The monoisotopic (exact) mass is 590 g/mol. The van der Waals surface area contributed by atoms with E-state index in [1.807, 2.05) is 13.8 Å². The van der Waals surface area contributed by atoms with E-state index in [2.05, 4.69) is 20.6 Å². The quantitative estimate of drug-likeness (QED) is 0.248. The first-order valence-corrected chi connectivity index (χ1v) is 13.1. The van der Waals surface area contributed by atoms with Crippen molar-refractivity contribution < 1.29 is 32.7 Å². The van der Waals surface area contributed by atoms with Crippen LogP contribution >= 0.6 is 0 Å². The summed E-state index contributed by atoms with van der Waals surface area (Å²) < 4.78 is 42.3. The van der Waals surface area contributed by atoms with Gasteiger partial charge >= 0.3 is 12.3 Å². The molecule has 0 unspecified atom stereocenters. The second-order valence-electron chi connectivity index (χ2n) is 10.4. The Morgan fingerprint density at radius 1 is 1.24 bits per heavy atom. The van der Waals surface area contributed by atoms with Crippen LogP contribution in [0.15, 0.2) is 47.5 Å². The molecule has 11 nitrogen and oxygen atoms in total. The number of carbonyl (C=O) groups excluding carboxylic acids is 2. The molecule has 0 aliphatic carbocycles. The largest absolute Gasteiger partial charge is 0.465 e. The molecule has 0 aliphatic rings. The molecule has 4 N–H and O–H groups in total. The van der Waals surface area contributed by atoms with Crippen molar-refractivity contribution in [2.45, 2.75) is 51.9 Å². The van der Waals surface area contributed by atoms with E-state index in [1.165, 1.54) is 39.9 Å². The maximum atomic E-state index is 13.7. The Hall–Kier alpha value is -4.62. The molecule has 14 heteroatoms. The molecule has 3 rings (SSSR count). The summed E-state index contributed by atoms with van der Waals surface area (Å²) in [5.41, 5.74) is -0.446. The normalized spacial score (nSPS) is 12.6. The number of carboxylic acid groups (broad SMARTS) is 1. The second kappa shape index (κ2) is 13.4. The number of halogens is 3. The Labute approximate surface area is 239 Å². The fraction of sp³-hybridized carbons (Fsp3) is 0.393. The summed E-state index contributed by atoms with van der Waals surface area (Å²) in [4.78, 5) is 57.2. The maximum absolute atomic E-state index is 13.7. The number of nitrogens with zero attached hydrogens (tertiary/aromatic N) is 3. The number of hydrogen-bond acceptors (Lipinski definition) is 5. The molecule has 3 aromatic heterocycles. The first kappa shape index (κ1) is 31.9. The first-order chi connectivity index (χ1) is 19.7. The molecule has 0 spiro atoms. The van der Waals surface area contributed by atoms with E-state index in [1.54, 1.807) is 20.2 Å². The molecule has 0 bridgehead atoms. The molecule has 3 heterocycles. The van der Waals surface area contributed by atoms with Crippen LogP contribution in [-0.4, -0.2) is 62.6 Å². The highest BCUT2D eigenvalue weighted by molar-refractivity contribution is 5.96. The summed E-state index contributed by atoms with van der Waals surface area (Å²) >= 11 is 0. The van der Waals surface area contributed by atoms with Gasteiger partial charge in [0.1, 0.15) is 11.7 Å². The second-order valence-corrected chi connectivity index (χ2v) is 10.4. The van der Waals surface area contributed by atoms with Crippen LogP contribution in [0.1, 0.15) is 43.5 Å². The standard InChI is InChI=1S/C28H33F3N6O5/c1-16(2)12-18-19(28(29,30)31)14-32-22-13-17(33-24(18)22)15-37-11-7-9-21(26(37)40)34-25(39)20(35-27(41)42)8-5-6-10-23(38)36(3)4/h6-7,9-11,13-14,16,20,33,35H,5,8,12,15H2,1-4H3,(H,34,39)(H,41,42)/b10-6+/t20-/m0/s1. The minimum absolute atomic E-state index is 0.0249. The molecule has 0 radical (unpaired) electrons. The highest BCUT2D eigenvalue weighted by Crippen LogP contribution is 2.35. The number of hydrogen-bond donors (Lipinski definition) is 4. The van der Waals surface area contributed by atoms with Gasteiger partial charge in [-0.05, 0) is 55.0 Å². The molecule has 226 valence electrons. The number of nitrogens with one attached hydrogen (secondary N) is 3. The van der Waals surface area contributed by atoms with Crippen molar-refractivity contribution in [1.29, 1.82) is 0 Å². The topological polar surface area (TPSA) is 149 Å². The van der Waals surface area contributed by atoms with Gasteiger partial charge in [-0.25, -0.2) is 4.79 Å². The van der Waals surface area contributed by atoms with Crippen LogP contribution in [0.4, 0.5) is 23.7 Å². The minimum Gasteiger partial charge on any atom is -0.465 e. The molecule has 0 saturated heterocycles. The van der Waals surface area contributed by atoms with Gasteiger partial charge in [0.05, 0.1) is 23.1 Å². The van der Waals surface area contributed by atoms with Gasteiger partial charge in [-0.3, -0.25) is 19.4 Å². The van der Waals surface area contributed by atoms with Crippen molar-refractivity contribution in [3.8, 4) is 0 Å². The first-order valence-electron chi connectivity index (χ1n) is 13.1. The fourth-order valence-electron chi connectivity index (χ4n) is 4.30. The Bertz CT molecular complexity index is 1540. The average Bonchev–Trinajstić information content (AvgIpc) is 3.30. The summed E-state index contributed by atoms with van der Waals surface area (Å²) in [5, 5.41) is 13.7. The van der Waals surface area contributed by atoms with Gasteiger partial charge < -0.3 is 30.2 Å². The van der Waals surface area contributed by atoms with Gasteiger partial charge in [0.25, 0.3) is 5.56 Å². The molecule has 1 atom stereocenters. The van der Waals surface area contributed by atoms with E-state index in [0.717, 1.165) is 6.20 Å². The number of alkyl halides is 3. The molecule has 42 heavy (non-hydrogen) atoms. The smallest absolute Gasteiger partial charge is 0.418 e. The maximum Gasteiger partial charge on any atom is 0.418 e. The number of amides is 3. The van der Waals surface area contributed by atoms with Gasteiger partial charge in [0.15, 0.2) is 0 Å². The number of allylic oxidation sites excluding steroid dienone is 1. The number of pyridine rings is 2. The zero-order chi connectivity index (χ0) is 31.2. The zero-order valence-electron chi connectivity index (χ0n) is 23.6. The molecule has 3 aromatic rings. The van der Waals surface area contributed by atoms with Crippen molar-refractivity contribution in [2.24, 2.45) is 5.92 Å². The minimum atomic E-state index is -4.58. The molecule has 0 saturated carbocycles. The lowest BCUT2D eigenvalue weighted by Crippen LogP contribution is -2.44. The summed E-state index contributed by atoms with van der Waals surface area (Å²) in [6.07, 6.45) is -0.522. The number of aromatic amines is 1. The Morgan fingerprint density at radius 2 is 1.95 bits per heavy atom. The predicted molar refractivity (Wildman–Crippen MR) is 150 cm³/mol. The van der Waals surface area contributed by atoms with Crippen LogP contribution in [0.3, 0.4) is 0 Å². The molecule has 0 fully saturated rings. The third-order valence-corrected chi connectivity index (χ3v) is 6.29. The van der Waals surface area contributed by atoms with E-state index in [9.17, 15) is 32.3 Å². The van der Waals surface area contributed by atoms with Crippen LogP contribution in [0.2, 0.25) is 0 Å². The van der Waals surface area contributed by atoms with E-state index >= 15 is 0 Å². The van der Waals surface area contributed by atoms with Gasteiger partial charge in [-0.15, -0.1) is 0 Å². The Morgan fingerprint density at radius 3 is 2.57 bits per heavy atom. The third-order valence-electron chi connectivity index (χ3n) is 6.29. The number of rotatable bonds is 11. The van der Waals surface area contributed by atoms with Crippen molar-refractivity contribution >= 4 is 34.6 Å². The summed E-state index contributed by atoms with van der Waals surface area (Å²) in [7, 11) is 3.15. The van der Waals surface area contributed by atoms with Crippen molar-refractivity contribution in [1.82, 2.24) is 24.8 Å². The fourth-order valence-corrected chi connectivity index (χ4v) is 4.30. The van der Waals surface area contributed by atoms with E-state index in [-0.39, 0.29) is 54.4 Å². The highest BCUT2D eigenvalue weighted by Gasteiger charge is 2.35. The zero-order valence-corrected chi connectivity index (χ0v) is 23.6. The summed E-state index contributed by atoms with van der Waals surface area (Å²) in [5.74, 6) is -1.09. The van der Waals surface area contributed by atoms with Gasteiger partial charge in [-0.1, -0.05) is 19.9 Å². The molecule has 3 amide bonds. The van der Waals surface area contributed by atoms with E-state index < -0.39 is 35.3 Å². The number of carbonyl (C=O) groups is 3. The van der Waals surface area contributed by atoms with Crippen LogP contribution in [0.5, 0.6) is 0 Å². The number of aromatic nitrogens is 3. The molecular weight excluding hydrogens is 557 g/mol. The summed E-state index contributed by atoms with van der Waals surface area (Å²) in [6.45, 7) is 3.58. The van der Waals surface area contributed by atoms with E-state index in [4.69, 9.17) is 5.11 Å². The number of fused-ring (bicyclic) bond motifs is 1. The predicted octanol–water partition coefficient (Wildman–Crippen LogP) is 3.99. The number of H-pyrrole nitrogens is 1. The third kappa shape index (κ3) is 8.21. The summed E-state index contributed by atoms with van der Waals surface area (Å²) in [6, 6.07) is 3.21. The molecule has 0 aliphatic heterocycles. The Balaban J connectivity index is 1.82.